The zero-order chi connectivity index (χ0) is 19.0. The van der Waals surface area contributed by atoms with Crippen molar-refractivity contribution in [2.45, 2.75) is 19.9 Å². The molecule has 0 amide bonds. The van der Waals surface area contributed by atoms with Gasteiger partial charge in [-0.15, -0.1) is 0 Å². The maximum Gasteiger partial charge on any atom is 0.234 e. The first kappa shape index (κ1) is 21.0. The SMILES string of the molecule is COCCOCCS(=O)(=O)Nc1ccc(N2CCN(C(C)C)CC2)cc1. The van der Waals surface area contributed by atoms with Crippen LogP contribution in [0.5, 0.6) is 0 Å². The normalized spacial score (nSPS) is 16.2. The predicted octanol–water partition coefficient (Wildman–Crippen LogP) is 1.62. The molecular formula is C18H31N3O4S. The molecule has 1 aliphatic heterocycles. The van der Waals surface area contributed by atoms with E-state index in [-0.39, 0.29) is 12.4 Å². The Kier molecular flexibility index (Phi) is 8.15. The van der Waals surface area contributed by atoms with E-state index in [0.29, 0.717) is 24.9 Å². The van der Waals surface area contributed by atoms with Crippen LogP contribution in [0.2, 0.25) is 0 Å². The van der Waals surface area contributed by atoms with Crippen molar-refractivity contribution in [2.75, 3.05) is 68.5 Å². The summed E-state index contributed by atoms with van der Waals surface area (Å²) < 4.78 is 36.8. The van der Waals surface area contributed by atoms with Crippen LogP contribution in [-0.2, 0) is 19.5 Å². The smallest absolute Gasteiger partial charge is 0.234 e. The number of hydrogen-bond donors (Lipinski definition) is 1. The Morgan fingerprint density at radius 1 is 1.04 bits per heavy atom. The van der Waals surface area contributed by atoms with Crippen LogP contribution in [0, 0.1) is 0 Å². The Labute approximate surface area is 157 Å². The van der Waals surface area contributed by atoms with Gasteiger partial charge in [0.15, 0.2) is 0 Å². The van der Waals surface area contributed by atoms with Crippen molar-refractivity contribution in [2.24, 2.45) is 0 Å². The van der Waals surface area contributed by atoms with E-state index in [4.69, 9.17) is 9.47 Å². The van der Waals surface area contributed by atoms with Crippen LogP contribution in [0.3, 0.4) is 0 Å². The first-order valence-electron chi connectivity index (χ1n) is 9.07. The number of methoxy groups -OCH3 is 1. The fraction of sp³-hybridized carbons (Fsp3) is 0.667. The number of ether oxygens (including phenoxy) is 2. The zero-order valence-electron chi connectivity index (χ0n) is 16.0. The van der Waals surface area contributed by atoms with Crippen molar-refractivity contribution in [1.29, 1.82) is 0 Å². The molecule has 0 aliphatic carbocycles. The molecule has 0 saturated carbocycles. The summed E-state index contributed by atoms with van der Waals surface area (Å²) in [5.74, 6) is -0.0738. The summed E-state index contributed by atoms with van der Waals surface area (Å²) in [5.41, 5.74) is 1.70. The van der Waals surface area contributed by atoms with E-state index >= 15 is 0 Å². The van der Waals surface area contributed by atoms with Gasteiger partial charge in [-0.05, 0) is 38.1 Å². The maximum atomic E-state index is 12.1. The van der Waals surface area contributed by atoms with Gasteiger partial charge in [0.1, 0.15) is 0 Å². The monoisotopic (exact) mass is 385 g/mol. The number of benzene rings is 1. The quantitative estimate of drug-likeness (QED) is 0.617. The highest BCUT2D eigenvalue weighted by Gasteiger charge is 2.19. The lowest BCUT2D eigenvalue weighted by Gasteiger charge is -2.38. The van der Waals surface area contributed by atoms with E-state index < -0.39 is 10.0 Å². The topological polar surface area (TPSA) is 71.1 Å². The van der Waals surface area contributed by atoms with Crippen LogP contribution < -0.4 is 9.62 Å². The summed E-state index contributed by atoms with van der Waals surface area (Å²) >= 11 is 0. The summed E-state index contributed by atoms with van der Waals surface area (Å²) in [4.78, 5) is 4.80. The van der Waals surface area contributed by atoms with Crippen molar-refractivity contribution in [3.63, 3.8) is 0 Å². The fourth-order valence-electron chi connectivity index (χ4n) is 2.88. The second-order valence-corrected chi connectivity index (χ2v) is 8.53. The van der Waals surface area contributed by atoms with Gasteiger partial charge in [0, 0.05) is 50.7 Å². The molecule has 1 fully saturated rings. The lowest BCUT2D eigenvalue weighted by Crippen LogP contribution is -2.48. The second kappa shape index (κ2) is 10.1. The predicted molar refractivity (Wildman–Crippen MR) is 105 cm³/mol. The van der Waals surface area contributed by atoms with E-state index in [9.17, 15) is 8.42 Å². The number of nitrogens with one attached hydrogen (secondary N) is 1. The van der Waals surface area contributed by atoms with Gasteiger partial charge in [-0.1, -0.05) is 0 Å². The van der Waals surface area contributed by atoms with Crippen molar-refractivity contribution in [3.8, 4) is 0 Å². The van der Waals surface area contributed by atoms with Crippen LogP contribution in [0.25, 0.3) is 0 Å². The highest BCUT2D eigenvalue weighted by atomic mass is 32.2. The van der Waals surface area contributed by atoms with Crippen molar-refractivity contribution < 1.29 is 17.9 Å². The molecule has 8 heteroatoms. The first-order chi connectivity index (χ1) is 12.4. The van der Waals surface area contributed by atoms with Crippen LogP contribution in [-0.4, -0.2) is 78.2 Å². The van der Waals surface area contributed by atoms with Gasteiger partial charge in [-0.2, -0.15) is 0 Å². The molecule has 1 aromatic carbocycles. The van der Waals surface area contributed by atoms with E-state index in [2.05, 4.69) is 28.4 Å². The average molecular weight is 386 g/mol. The Bertz CT molecular complexity index is 626. The zero-order valence-corrected chi connectivity index (χ0v) is 16.8. The van der Waals surface area contributed by atoms with Crippen LogP contribution in [0.1, 0.15) is 13.8 Å². The molecule has 0 spiro atoms. The standard InChI is InChI=1S/C18H31N3O4S/c1-16(2)20-8-10-21(11-9-20)18-6-4-17(5-7-18)19-26(22,23)15-14-25-13-12-24-3/h4-7,16,19H,8-15H2,1-3H3. The Morgan fingerprint density at radius 3 is 2.27 bits per heavy atom. The van der Waals surface area contributed by atoms with Gasteiger partial charge in [-0.3, -0.25) is 9.62 Å². The molecule has 1 aliphatic rings. The van der Waals surface area contributed by atoms with E-state index in [0.717, 1.165) is 31.9 Å². The molecule has 7 nitrogen and oxygen atoms in total. The third-order valence-electron chi connectivity index (χ3n) is 4.48. The highest BCUT2D eigenvalue weighted by molar-refractivity contribution is 7.92. The van der Waals surface area contributed by atoms with Gasteiger partial charge in [0.2, 0.25) is 10.0 Å². The van der Waals surface area contributed by atoms with Crippen molar-refractivity contribution in [3.05, 3.63) is 24.3 Å². The van der Waals surface area contributed by atoms with E-state index in [1.807, 2.05) is 24.3 Å². The third kappa shape index (κ3) is 6.75. The Balaban J connectivity index is 1.81. The molecule has 148 valence electrons. The van der Waals surface area contributed by atoms with Gasteiger partial charge in [0.05, 0.1) is 25.6 Å². The summed E-state index contributed by atoms with van der Waals surface area (Å²) in [6, 6.07) is 8.14. The number of rotatable bonds is 10. The lowest BCUT2D eigenvalue weighted by molar-refractivity contribution is 0.0785. The van der Waals surface area contributed by atoms with Gasteiger partial charge < -0.3 is 14.4 Å². The number of anilines is 2. The van der Waals surface area contributed by atoms with Crippen LogP contribution >= 0.6 is 0 Å². The molecule has 1 saturated heterocycles. The molecule has 0 unspecified atom stereocenters. The summed E-state index contributed by atoms with van der Waals surface area (Å²) in [6.07, 6.45) is 0. The molecule has 1 aromatic rings. The summed E-state index contributed by atoms with van der Waals surface area (Å²) in [5, 5.41) is 0. The molecule has 1 heterocycles. The molecule has 26 heavy (non-hydrogen) atoms. The summed E-state index contributed by atoms with van der Waals surface area (Å²) in [6.45, 7) is 9.52. The van der Waals surface area contributed by atoms with Gasteiger partial charge in [-0.25, -0.2) is 8.42 Å². The number of nitrogens with zero attached hydrogens (tertiary/aromatic N) is 2. The largest absolute Gasteiger partial charge is 0.382 e. The third-order valence-corrected chi connectivity index (χ3v) is 5.73. The van der Waals surface area contributed by atoms with Gasteiger partial charge in [0.25, 0.3) is 0 Å². The molecule has 1 N–H and O–H groups in total. The van der Waals surface area contributed by atoms with Crippen LogP contribution in [0.15, 0.2) is 24.3 Å². The molecule has 0 atom stereocenters. The molecule has 0 radical (unpaired) electrons. The molecule has 0 aromatic heterocycles. The van der Waals surface area contributed by atoms with Crippen molar-refractivity contribution >= 4 is 21.4 Å². The number of piperazine rings is 1. The second-order valence-electron chi connectivity index (χ2n) is 6.69. The fourth-order valence-corrected chi connectivity index (χ4v) is 3.81. The Morgan fingerprint density at radius 2 is 1.69 bits per heavy atom. The minimum absolute atomic E-state index is 0.0738. The van der Waals surface area contributed by atoms with Crippen molar-refractivity contribution in [1.82, 2.24) is 4.90 Å². The lowest BCUT2D eigenvalue weighted by atomic mass is 10.2. The Hall–Kier alpha value is -1.35. The van der Waals surface area contributed by atoms with Gasteiger partial charge >= 0.3 is 0 Å². The number of sulfonamides is 1. The maximum absolute atomic E-state index is 12.1. The average Bonchev–Trinajstić information content (AvgIpc) is 2.62. The summed E-state index contributed by atoms with van der Waals surface area (Å²) in [7, 11) is -1.83. The minimum Gasteiger partial charge on any atom is -0.382 e. The minimum atomic E-state index is -3.41. The number of hydrogen-bond acceptors (Lipinski definition) is 6. The first-order valence-corrected chi connectivity index (χ1v) is 10.7. The van der Waals surface area contributed by atoms with E-state index in [1.165, 1.54) is 0 Å². The van der Waals surface area contributed by atoms with Crippen LogP contribution in [0.4, 0.5) is 11.4 Å². The molecule has 0 bridgehead atoms. The van der Waals surface area contributed by atoms with E-state index in [1.54, 1.807) is 7.11 Å². The molecule has 2 rings (SSSR count). The molecular weight excluding hydrogens is 354 g/mol. The highest BCUT2D eigenvalue weighted by Crippen LogP contribution is 2.20.